The van der Waals surface area contributed by atoms with E-state index in [2.05, 4.69) is 27.5 Å². The van der Waals surface area contributed by atoms with Gasteiger partial charge in [0.1, 0.15) is 0 Å². The van der Waals surface area contributed by atoms with Crippen LogP contribution >= 0.6 is 0 Å². The van der Waals surface area contributed by atoms with Gasteiger partial charge in [-0.15, -0.1) is 5.10 Å². The van der Waals surface area contributed by atoms with Crippen LogP contribution in [0, 0.1) is 5.92 Å². The Morgan fingerprint density at radius 3 is 3.06 bits per heavy atom. The van der Waals surface area contributed by atoms with Gasteiger partial charge in [-0.25, -0.2) is 0 Å². The van der Waals surface area contributed by atoms with Crippen LogP contribution in [-0.2, 0) is 13.1 Å². The van der Waals surface area contributed by atoms with Gasteiger partial charge in [0.15, 0.2) is 0 Å². The maximum atomic E-state index is 4.13. The van der Waals surface area contributed by atoms with E-state index in [9.17, 15) is 0 Å². The van der Waals surface area contributed by atoms with E-state index in [1.54, 1.807) is 0 Å². The second-order valence-corrected chi connectivity index (χ2v) is 4.87. The summed E-state index contributed by atoms with van der Waals surface area (Å²) in [7, 11) is 1.92. The second kappa shape index (κ2) is 6.12. The third kappa shape index (κ3) is 3.51. The standard InChI is InChI=1S/C12H23N5/c1-3-11-4-5-16(9-11)6-7-17-10-12(8-13-2)14-15-17/h10-11,13H,3-9H2,1-2H3. The van der Waals surface area contributed by atoms with Crippen molar-refractivity contribution in [1.29, 1.82) is 0 Å². The molecule has 1 N–H and O–H groups in total. The highest BCUT2D eigenvalue weighted by molar-refractivity contribution is 4.91. The molecule has 5 heteroatoms. The average molecular weight is 237 g/mol. The van der Waals surface area contributed by atoms with Gasteiger partial charge in [-0.1, -0.05) is 18.6 Å². The quantitative estimate of drug-likeness (QED) is 0.792. The summed E-state index contributed by atoms with van der Waals surface area (Å²) >= 11 is 0. The van der Waals surface area contributed by atoms with Crippen molar-refractivity contribution in [3.8, 4) is 0 Å². The zero-order valence-electron chi connectivity index (χ0n) is 10.9. The predicted octanol–water partition coefficient (Wildman–Crippen LogP) is 0.729. The molecule has 0 spiro atoms. The lowest BCUT2D eigenvalue weighted by atomic mass is 10.1. The van der Waals surface area contributed by atoms with Gasteiger partial charge in [0, 0.05) is 25.8 Å². The van der Waals surface area contributed by atoms with Crippen LogP contribution < -0.4 is 5.32 Å². The number of hydrogen-bond acceptors (Lipinski definition) is 4. The van der Waals surface area contributed by atoms with Gasteiger partial charge in [-0.2, -0.15) is 0 Å². The van der Waals surface area contributed by atoms with Crippen molar-refractivity contribution in [3.63, 3.8) is 0 Å². The molecule has 1 aromatic rings. The van der Waals surface area contributed by atoms with Crippen LogP contribution in [0.1, 0.15) is 25.5 Å². The minimum atomic E-state index is 0.793. The molecule has 2 rings (SSSR count). The molecule has 1 aliphatic heterocycles. The Hall–Kier alpha value is -0.940. The molecule has 2 heterocycles. The van der Waals surface area contributed by atoms with Crippen molar-refractivity contribution < 1.29 is 0 Å². The molecule has 0 radical (unpaired) electrons. The Balaban J connectivity index is 1.74. The summed E-state index contributed by atoms with van der Waals surface area (Å²) in [5.74, 6) is 0.908. The van der Waals surface area contributed by atoms with Crippen LogP contribution in [0.25, 0.3) is 0 Å². The van der Waals surface area contributed by atoms with Crippen molar-refractivity contribution in [2.45, 2.75) is 32.9 Å². The Bertz CT molecular complexity index is 335. The Labute approximate surface area is 103 Å². The van der Waals surface area contributed by atoms with Gasteiger partial charge in [-0.3, -0.25) is 4.68 Å². The van der Waals surface area contributed by atoms with Gasteiger partial charge < -0.3 is 10.2 Å². The molecule has 0 saturated carbocycles. The van der Waals surface area contributed by atoms with Crippen molar-refractivity contribution >= 4 is 0 Å². The van der Waals surface area contributed by atoms with E-state index < -0.39 is 0 Å². The highest BCUT2D eigenvalue weighted by Crippen LogP contribution is 2.18. The fraction of sp³-hybridized carbons (Fsp3) is 0.833. The van der Waals surface area contributed by atoms with Crippen molar-refractivity contribution in [3.05, 3.63) is 11.9 Å². The zero-order chi connectivity index (χ0) is 12.1. The number of likely N-dealkylation sites (tertiary alicyclic amines) is 1. The van der Waals surface area contributed by atoms with E-state index in [-0.39, 0.29) is 0 Å². The molecule has 0 aromatic carbocycles. The van der Waals surface area contributed by atoms with Crippen molar-refractivity contribution in [2.75, 3.05) is 26.7 Å². The molecule has 1 atom stereocenters. The van der Waals surface area contributed by atoms with E-state index in [0.29, 0.717) is 0 Å². The van der Waals surface area contributed by atoms with Gasteiger partial charge in [0.05, 0.1) is 12.2 Å². The minimum Gasteiger partial charge on any atom is -0.314 e. The van der Waals surface area contributed by atoms with Gasteiger partial charge in [0.25, 0.3) is 0 Å². The summed E-state index contributed by atoms with van der Waals surface area (Å²) in [6.45, 7) is 7.63. The van der Waals surface area contributed by atoms with Crippen LogP contribution in [0.15, 0.2) is 6.20 Å². The monoisotopic (exact) mass is 237 g/mol. The number of nitrogens with one attached hydrogen (secondary N) is 1. The summed E-state index contributed by atoms with van der Waals surface area (Å²) in [5, 5.41) is 11.3. The number of aromatic nitrogens is 3. The first-order chi connectivity index (χ1) is 8.31. The molecule has 96 valence electrons. The van der Waals surface area contributed by atoms with Crippen LogP contribution in [0.5, 0.6) is 0 Å². The lowest BCUT2D eigenvalue weighted by Gasteiger charge is -2.14. The molecule has 0 bridgehead atoms. The van der Waals surface area contributed by atoms with E-state index >= 15 is 0 Å². The third-order valence-corrected chi connectivity index (χ3v) is 3.54. The smallest absolute Gasteiger partial charge is 0.0964 e. The Morgan fingerprint density at radius 1 is 1.47 bits per heavy atom. The summed E-state index contributed by atoms with van der Waals surface area (Å²) in [6.07, 6.45) is 4.70. The number of hydrogen-bond donors (Lipinski definition) is 1. The maximum absolute atomic E-state index is 4.13. The molecule has 1 aromatic heterocycles. The fourth-order valence-corrected chi connectivity index (χ4v) is 2.40. The fourth-order valence-electron chi connectivity index (χ4n) is 2.40. The van der Waals surface area contributed by atoms with Crippen molar-refractivity contribution in [2.24, 2.45) is 5.92 Å². The molecule has 1 unspecified atom stereocenters. The molecule has 1 fully saturated rings. The molecular weight excluding hydrogens is 214 g/mol. The summed E-state index contributed by atoms with van der Waals surface area (Å²) in [4.78, 5) is 2.54. The zero-order valence-corrected chi connectivity index (χ0v) is 10.9. The largest absolute Gasteiger partial charge is 0.314 e. The maximum Gasteiger partial charge on any atom is 0.0964 e. The van der Waals surface area contributed by atoms with Crippen LogP contribution in [0.3, 0.4) is 0 Å². The van der Waals surface area contributed by atoms with E-state index in [1.807, 2.05) is 17.9 Å². The van der Waals surface area contributed by atoms with E-state index in [1.165, 1.54) is 25.9 Å². The molecule has 1 aliphatic rings. The first-order valence-electron chi connectivity index (χ1n) is 6.57. The molecule has 0 aliphatic carbocycles. The van der Waals surface area contributed by atoms with Gasteiger partial charge >= 0.3 is 0 Å². The number of nitrogens with zero attached hydrogens (tertiary/aromatic N) is 4. The first kappa shape index (κ1) is 12.5. The SMILES string of the molecule is CCC1CCN(CCn2cc(CNC)nn2)C1. The van der Waals surface area contributed by atoms with Gasteiger partial charge in [0.2, 0.25) is 0 Å². The first-order valence-corrected chi connectivity index (χ1v) is 6.57. The Kier molecular flexibility index (Phi) is 4.50. The average Bonchev–Trinajstić information content (AvgIpc) is 2.95. The normalized spacial score (nSPS) is 21.2. The highest BCUT2D eigenvalue weighted by atomic mass is 15.4. The van der Waals surface area contributed by atoms with Gasteiger partial charge in [-0.05, 0) is 25.9 Å². The summed E-state index contributed by atoms with van der Waals surface area (Å²) < 4.78 is 1.95. The molecule has 17 heavy (non-hydrogen) atoms. The topological polar surface area (TPSA) is 46.0 Å². The summed E-state index contributed by atoms with van der Waals surface area (Å²) in [6, 6.07) is 0. The lowest BCUT2D eigenvalue weighted by Crippen LogP contribution is -2.25. The number of rotatable bonds is 6. The highest BCUT2D eigenvalue weighted by Gasteiger charge is 2.20. The lowest BCUT2D eigenvalue weighted by molar-refractivity contribution is 0.301. The second-order valence-electron chi connectivity index (χ2n) is 4.87. The van der Waals surface area contributed by atoms with Crippen LogP contribution in [-0.4, -0.2) is 46.6 Å². The predicted molar refractivity (Wildman–Crippen MR) is 67.6 cm³/mol. The molecule has 0 amide bonds. The Morgan fingerprint density at radius 2 is 2.35 bits per heavy atom. The molecule has 5 nitrogen and oxygen atoms in total. The van der Waals surface area contributed by atoms with E-state index in [4.69, 9.17) is 0 Å². The van der Waals surface area contributed by atoms with E-state index in [0.717, 1.165) is 31.2 Å². The molecular formula is C12H23N5. The summed E-state index contributed by atoms with van der Waals surface area (Å²) in [5.41, 5.74) is 1.01. The molecule has 1 saturated heterocycles. The van der Waals surface area contributed by atoms with Crippen LogP contribution in [0.4, 0.5) is 0 Å². The van der Waals surface area contributed by atoms with Crippen LogP contribution in [0.2, 0.25) is 0 Å². The minimum absolute atomic E-state index is 0.793. The third-order valence-electron chi connectivity index (χ3n) is 3.54. The van der Waals surface area contributed by atoms with Crippen molar-refractivity contribution in [1.82, 2.24) is 25.2 Å².